The van der Waals surface area contributed by atoms with Crippen LogP contribution in [0.1, 0.15) is 39.0 Å². The van der Waals surface area contributed by atoms with Gasteiger partial charge in [0.15, 0.2) is 0 Å². The van der Waals surface area contributed by atoms with Crippen molar-refractivity contribution in [3.8, 4) is 11.8 Å². The van der Waals surface area contributed by atoms with Crippen LogP contribution in [0.2, 0.25) is 0 Å². The van der Waals surface area contributed by atoms with Crippen LogP contribution in [0.5, 0.6) is 0 Å². The molecule has 5 rings (SSSR count). The molecule has 1 aliphatic rings. The Bertz CT molecular complexity index is 1770. The van der Waals surface area contributed by atoms with Crippen LogP contribution in [0, 0.1) is 11.3 Å². The maximum absolute atomic E-state index is 14.2. The molecule has 1 aromatic heterocycles. The highest BCUT2D eigenvalue weighted by Crippen LogP contribution is 2.32. The van der Waals surface area contributed by atoms with Crippen LogP contribution in [0.4, 0.5) is 16.2 Å². The first kappa shape index (κ1) is 30.1. The molecule has 1 aliphatic heterocycles. The molecule has 0 unspecified atom stereocenters. The van der Waals surface area contributed by atoms with Gasteiger partial charge in [0.05, 0.1) is 40.4 Å². The van der Waals surface area contributed by atoms with E-state index in [0.717, 1.165) is 16.6 Å². The minimum Gasteiger partial charge on any atom is -0.444 e. The van der Waals surface area contributed by atoms with Crippen molar-refractivity contribution < 1.29 is 19.1 Å². The lowest BCUT2D eigenvalue weighted by Gasteiger charge is -2.29. The summed E-state index contributed by atoms with van der Waals surface area (Å²) in [4.78, 5) is 42.9. The summed E-state index contributed by atoms with van der Waals surface area (Å²) in [6.07, 6.45) is -0.639. The van der Waals surface area contributed by atoms with Gasteiger partial charge in [-0.2, -0.15) is 10.4 Å². The Morgan fingerprint density at radius 3 is 2.48 bits per heavy atom. The maximum atomic E-state index is 14.2. The lowest BCUT2D eigenvalue weighted by Crippen LogP contribution is -2.55. The minimum absolute atomic E-state index is 0.111. The summed E-state index contributed by atoms with van der Waals surface area (Å²) in [6, 6.07) is 22.7. The van der Waals surface area contributed by atoms with Crippen molar-refractivity contribution in [2.75, 3.05) is 23.8 Å². The largest absolute Gasteiger partial charge is 0.444 e. The van der Waals surface area contributed by atoms with E-state index in [-0.39, 0.29) is 19.0 Å². The molecule has 0 saturated heterocycles. The molecule has 3 amide bonds. The van der Waals surface area contributed by atoms with Crippen molar-refractivity contribution in [2.45, 2.75) is 51.9 Å². The van der Waals surface area contributed by atoms with E-state index >= 15 is 0 Å². The number of nitrogens with zero attached hydrogens (tertiary/aromatic N) is 5. The number of hydrogen-bond acceptors (Lipinski definition) is 7. The quantitative estimate of drug-likeness (QED) is 0.334. The van der Waals surface area contributed by atoms with Gasteiger partial charge >= 0.3 is 6.09 Å². The Kier molecular flexibility index (Phi) is 8.27. The monoisotopic (exact) mass is 593 g/mol. The van der Waals surface area contributed by atoms with Gasteiger partial charge < -0.3 is 20.3 Å². The van der Waals surface area contributed by atoms with Crippen molar-refractivity contribution in [1.82, 2.24) is 20.0 Å². The van der Waals surface area contributed by atoms with Gasteiger partial charge in [0, 0.05) is 19.0 Å². The van der Waals surface area contributed by atoms with Crippen LogP contribution >= 0.6 is 0 Å². The third-order valence-electron chi connectivity index (χ3n) is 7.44. The van der Waals surface area contributed by atoms with Crippen LogP contribution in [0.25, 0.3) is 16.6 Å². The summed E-state index contributed by atoms with van der Waals surface area (Å²) in [5, 5.41) is 21.6. The van der Waals surface area contributed by atoms with Gasteiger partial charge in [-0.25, -0.2) is 9.48 Å². The first-order chi connectivity index (χ1) is 21.0. The van der Waals surface area contributed by atoms with E-state index in [0.29, 0.717) is 22.6 Å². The first-order valence-electron chi connectivity index (χ1n) is 14.3. The zero-order chi connectivity index (χ0) is 31.6. The standard InChI is InChI=1S/C33H35N7O4/c1-21(38(5)32(43)44-33(2,3)4)30(41)36-25-19-35-24-14-8-11-17-29(24)39(31(25)42)20-26-23-13-7-10-16-28(23)40(37-26)27-15-9-6-12-22(27)18-34/h6-17,21,25,35H,19-20H2,1-5H3,(H,36,41)/t21-,25-/m0/s1. The topological polar surface area (TPSA) is 133 Å². The Hall–Kier alpha value is -5.37. The number of likely N-dealkylation sites (N-methyl/N-ethyl adjacent to an activating group) is 1. The molecule has 0 bridgehead atoms. The normalized spacial score (nSPS) is 15.4. The number of benzene rings is 3. The Morgan fingerprint density at radius 2 is 1.75 bits per heavy atom. The van der Waals surface area contributed by atoms with Crippen LogP contribution in [-0.2, 0) is 20.9 Å². The van der Waals surface area contributed by atoms with Crippen molar-refractivity contribution in [1.29, 1.82) is 5.26 Å². The number of carbonyl (C=O) groups is 3. The number of nitriles is 1. The van der Waals surface area contributed by atoms with Gasteiger partial charge in [0.2, 0.25) is 5.91 Å². The molecular weight excluding hydrogens is 558 g/mol. The zero-order valence-electron chi connectivity index (χ0n) is 25.4. The van der Waals surface area contributed by atoms with E-state index in [1.807, 2.05) is 60.7 Å². The summed E-state index contributed by atoms with van der Waals surface area (Å²) in [6.45, 7) is 7.09. The molecule has 0 fully saturated rings. The summed E-state index contributed by atoms with van der Waals surface area (Å²) < 4.78 is 7.13. The van der Waals surface area contributed by atoms with Crippen molar-refractivity contribution in [2.24, 2.45) is 0 Å². The van der Waals surface area contributed by atoms with Crippen LogP contribution in [0.3, 0.4) is 0 Å². The second kappa shape index (κ2) is 12.1. The molecule has 226 valence electrons. The number of amides is 3. The second-order valence-electron chi connectivity index (χ2n) is 11.7. The van der Waals surface area contributed by atoms with Gasteiger partial charge in [0.1, 0.15) is 23.8 Å². The molecule has 2 N–H and O–H groups in total. The summed E-state index contributed by atoms with van der Waals surface area (Å²) in [7, 11) is 1.49. The molecule has 3 aromatic carbocycles. The highest BCUT2D eigenvalue weighted by Gasteiger charge is 2.35. The van der Waals surface area contributed by atoms with Gasteiger partial charge in [-0.05, 0) is 58.0 Å². The molecule has 4 aromatic rings. The first-order valence-corrected chi connectivity index (χ1v) is 14.3. The predicted octanol–water partition coefficient (Wildman–Crippen LogP) is 4.60. The summed E-state index contributed by atoms with van der Waals surface area (Å²) >= 11 is 0. The van der Waals surface area contributed by atoms with Gasteiger partial charge in [-0.15, -0.1) is 0 Å². The fraction of sp³-hybridized carbons (Fsp3) is 0.303. The summed E-state index contributed by atoms with van der Waals surface area (Å²) in [5.41, 5.74) is 3.18. The van der Waals surface area contributed by atoms with Gasteiger partial charge in [0.25, 0.3) is 5.91 Å². The van der Waals surface area contributed by atoms with Gasteiger partial charge in [-0.1, -0.05) is 42.5 Å². The molecule has 11 heteroatoms. The van der Waals surface area contributed by atoms with Gasteiger partial charge in [-0.3, -0.25) is 14.5 Å². The minimum atomic E-state index is -0.933. The average Bonchev–Trinajstić information content (AvgIpc) is 3.32. The number of fused-ring (bicyclic) bond motifs is 2. The lowest BCUT2D eigenvalue weighted by atomic mass is 10.1. The second-order valence-corrected chi connectivity index (χ2v) is 11.7. The molecule has 2 atom stereocenters. The SMILES string of the molecule is C[C@@H](C(=O)N[C@H]1CNc2ccccc2N(Cc2nn(-c3ccccc3C#N)c3ccccc23)C1=O)N(C)C(=O)OC(C)(C)C. The fourth-order valence-corrected chi connectivity index (χ4v) is 5.03. The third-order valence-corrected chi connectivity index (χ3v) is 7.44. The number of para-hydroxylation sites is 4. The smallest absolute Gasteiger partial charge is 0.410 e. The zero-order valence-corrected chi connectivity index (χ0v) is 25.4. The van der Waals surface area contributed by atoms with Crippen LogP contribution < -0.4 is 15.5 Å². The molecule has 11 nitrogen and oxygen atoms in total. The van der Waals surface area contributed by atoms with Crippen molar-refractivity contribution in [3.05, 3.63) is 84.1 Å². The van der Waals surface area contributed by atoms with E-state index in [1.165, 1.54) is 11.9 Å². The fourth-order valence-electron chi connectivity index (χ4n) is 5.03. The molecule has 2 heterocycles. The Morgan fingerprint density at radius 1 is 1.09 bits per heavy atom. The molecule has 0 radical (unpaired) electrons. The number of hydrogen-bond donors (Lipinski definition) is 2. The maximum Gasteiger partial charge on any atom is 0.410 e. The number of carbonyl (C=O) groups excluding carboxylic acids is 3. The molecule has 0 spiro atoms. The highest BCUT2D eigenvalue weighted by molar-refractivity contribution is 6.04. The van der Waals surface area contributed by atoms with Crippen molar-refractivity contribution >= 4 is 40.2 Å². The van der Waals surface area contributed by atoms with Crippen LogP contribution in [0.15, 0.2) is 72.8 Å². The van der Waals surface area contributed by atoms with E-state index in [4.69, 9.17) is 9.84 Å². The third kappa shape index (κ3) is 6.06. The molecule has 0 saturated carbocycles. The summed E-state index contributed by atoms with van der Waals surface area (Å²) in [5.74, 6) is -0.828. The average molecular weight is 594 g/mol. The number of rotatable bonds is 6. The molecule has 0 aliphatic carbocycles. The molecule has 44 heavy (non-hydrogen) atoms. The number of anilines is 2. The Balaban J connectivity index is 1.46. The van der Waals surface area contributed by atoms with E-state index in [2.05, 4.69) is 16.7 Å². The van der Waals surface area contributed by atoms with E-state index in [9.17, 15) is 19.6 Å². The number of ether oxygens (including phenoxy) is 1. The van der Waals surface area contributed by atoms with E-state index < -0.39 is 29.7 Å². The Labute approximate surface area is 256 Å². The van der Waals surface area contributed by atoms with Crippen molar-refractivity contribution in [3.63, 3.8) is 0 Å². The highest BCUT2D eigenvalue weighted by atomic mass is 16.6. The number of nitrogens with one attached hydrogen (secondary N) is 2. The lowest BCUT2D eigenvalue weighted by molar-refractivity contribution is -0.130. The predicted molar refractivity (Wildman–Crippen MR) is 167 cm³/mol. The van der Waals surface area contributed by atoms with E-state index in [1.54, 1.807) is 49.4 Å². The molecular formula is C33H35N7O4. The van der Waals surface area contributed by atoms with Crippen LogP contribution in [-0.4, -0.2) is 63.9 Å². The number of aromatic nitrogens is 2.